The van der Waals surface area contributed by atoms with Gasteiger partial charge in [-0.25, -0.2) is 4.68 Å². The lowest BCUT2D eigenvalue weighted by atomic mass is 10.00. The van der Waals surface area contributed by atoms with Crippen LogP contribution in [0.1, 0.15) is 67.5 Å². The zero-order valence-corrected chi connectivity index (χ0v) is 24.8. The van der Waals surface area contributed by atoms with Crippen molar-refractivity contribution < 1.29 is 1.37 Å². The van der Waals surface area contributed by atoms with Gasteiger partial charge in [-0.3, -0.25) is 4.98 Å². The molecule has 2 atom stereocenters. The molecular weight excluding hydrogens is 612 g/mol. The molecule has 1 aliphatic carbocycles. The van der Waals surface area contributed by atoms with Crippen molar-refractivity contribution in [3.8, 4) is 12.1 Å². The predicted molar refractivity (Wildman–Crippen MR) is 167 cm³/mol. The summed E-state index contributed by atoms with van der Waals surface area (Å²) < 4.78 is 12.2. The molecule has 3 aromatic carbocycles. The first-order valence-electron chi connectivity index (χ1n) is 14.1. The first-order chi connectivity index (χ1) is 20.9. The van der Waals surface area contributed by atoms with E-state index in [1.165, 1.54) is 0 Å². The minimum Gasteiger partial charge on any atom is -0.377 e. The zero-order chi connectivity index (χ0) is 30.0. The third-order valence-corrected chi connectivity index (χ3v) is 8.14. The topological polar surface area (TPSA) is 115 Å². The summed E-state index contributed by atoms with van der Waals surface area (Å²) in [5, 5.41) is 36.1. The fourth-order valence-corrected chi connectivity index (χ4v) is 5.74. The van der Waals surface area contributed by atoms with E-state index in [9.17, 15) is 11.9 Å². The van der Waals surface area contributed by atoms with Crippen LogP contribution in [0, 0.1) is 22.7 Å². The lowest BCUT2D eigenvalue weighted by Crippen LogP contribution is -2.14. The highest BCUT2D eigenvalue weighted by molar-refractivity contribution is 9.10. The molecule has 1 aliphatic rings. The van der Waals surface area contributed by atoms with Gasteiger partial charge in [-0.2, -0.15) is 10.5 Å². The van der Waals surface area contributed by atoms with E-state index in [4.69, 9.17) is 11.6 Å². The monoisotopic (exact) mass is 637 g/mol. The molecule has 0 radical (unpaired) electrons. The Morgan fingerprint density at radius 2 is 1.88 bits per heavy atom. The number of pyridine rings is 1. The number of halogens is 2. The number of rotatable bonds is 10. The quantitative estimate of drug-likeness (QED) is 0.159. The third kappa shape index (κ3) is 5.80. The van der Waals surface area contributed by atoms with Crippen molar-refractivity contribution >= 4 is 49.8 Å². The Bertz CT molecular complexity index is 1880. The molecule has 2 N–H and O–H groups in total. The van der Waals surface area contributed by atoms with Crippen LogP contribution >= 0.6 is 27.5 Å². The maximum Gasteiger partial charge on any atom is 0.110 e. The molecule has 0 bridgehead atoms. The second kappa shape index (κ2) is 12.2. The number of nitrogens with one attached hydrogen (secondary N) is 2. The zero-order valence-electron chi connectivity index (χ0n) is 23.4. The van der Waals surface area contributed by atoms with E-state index >= 15 is 0 Å². The van der Waals surface area contributed by atoms with Gasteiger partial charge in [-0.15, -0.1) is 5.10 Å². The summed E-state index contributed by atoms with van der Waals surface area (Å²) >= 11 is 10.3. The van der Waals surface area contributed by atoms with Crippen LogP contribution in [0.2, 0.25) is 5.02 Å². The summed E-state index contributed by atoms with van der Waals surface area (Å²) in [6.45, 7) is 0. The van der Waals surface area contributed by atoms with Gasteiger partial charge in [-0.1, -0.05) is 65.3 Å². The van der Waals surface area contributed by atoms with E-state index in [0.29, 0.717) is 67.5 Å². The molecule has 0 saturated heterocycles. The fourth-order valence-electron chi connectivity index (χ4n) is 4.95. The molecule has 0 aliphatic heterocycles. The van der Waals surface area contributed by atoms with Crippen LogP contribution in [0.15, 0.2) is 83.6 Å². The van der Waals surface area contributed by atoms with Gasteiger partial charge in [0.1, 0.15) is 11.8 Å². The normalized spacial score (nSPS) is 15.2. The second-order valence-corrected chi connectivity index (χ2v) is 11.4. The first kappa shape index (κ1) is 26.5. The van der Waals surface area contributed by atoms with Gasteiger partial charge in [0.25, 0.3) is 0 Å². The molecule has 0 unspecified atom stereocenters. The van der Waals surface area contributed by atoms with Gasteiger partial charge in [0.2, 0.25) is 0 Å². The number of fused-ring (bicyclic) bond motifs is 1. The van der Waals surface area contributed by atoms with E-state index in [1.807, 2.05) is 59.3 Å². The van der Waals surface area contributed by atoms with Crippen molar-refractivity contribution in [1.29, 1.82) is 10.5 Å². The number of nitriles is 2. The molecule has 5 aromatic rings. The summed E-state index contributed by atoms with van der Waals surface area (Å²) in [5.74, 6) is 0. The maximum atomic E-state index is 10.1. The Kier molecular flexibility index (Phi) is 7.69. The number of hydrogen-bond acceptors (Lipinski definition) is 7. The molecule has 208 valence electrons. The number of nitrogens with zero attached hydrogens (tertiary/aromatic N) is 6. The van der Waals surface area contributed by atoms with Crippen LogP contribution in [0.5, 0.6) is 0 Å². The highest BCUT2D eigenvalue weighted by Crippen LogP contribution is 2.39. The minimum atomic E-state index is -1.58. The van der Waals surface area contributed by atoms with Crippen molar-refractivity contribution in [3.63, 3.8) is 0 Å². The Balaban J connectivity index is 1.47. The summed E-state index contributed by atoms with van der Waals surface area (Å²) in [7, 11) is 0. The maximum absolute atomic E-state index is 10.1. The predicted octanol–water partition coefficient (Wildman–Crippen LogP) is 8.11. The molecule has 2 heterocycles. The van der Waals surface area contributed by atoms with E-state index in [1.54, 1.807) is 24.5 Å². The molecular formula is C32H26BrClN8. The smallest absolute Gasteiger partial charge is 0.110 e. The van der Waals surface area contributed by atoms with E-state index in [-0.39, 0.29) is 6.04 Å². The van der Waals surface area contributed by atoms with Gasteiger partial charge in [0, 0.05) is 33.2 Å². The van der Waals surface area contributed by atoms with Crippen molar-refractivity contribution in [2.45, 2.75) is 43.8 Å². The average Bonchev–Trinajstić information content (AvgIpc) is 3.75. The SMILES string of the molecule is [2H][C@@](Nc1cc(Br)c2ncc(C#N)c(N[C@H](CCC#N)c3ccccc3)c2c1)(c1cn(C2CC2)nn1)c1ccccc1Cl. The molecule has 42 heavy (non-hydrogen) atoms. The van der Waals surface area contributed by atoms with Crippen LogP contribution in [-0.4, -0.2) is 20.0 Å². The lowest BCUT2D eigenvalue weighted by Gasteiger charge is -2.23. The highest BCUT2D eigenvalue weighted by atomic mass is 79.9. The van der Waals surface area contributed by atoms with E-state index in [0.717, 1.165) is 18.4 Å². The molecule has 1 fully saturated rings. The van der Waals surface area contributed by atoms with Crippen LogP contribution < -0.4 is 10.6 Å². The largest absolute Gasteiger partial charge is 0.377 e. The highest BCUT2D eigenvalue weighted by Gasteiger charge is 2.28. The molecule has 2 aromatic heterocycles. The summed E-state index contributed by atoms with van der Waals surface area (Å²) in [6.07, 6.45) is 6.31. The van der Waals surface area contributed by atoms with E-state index < -0.39 is 6.02 Å². The Labute approximate surface area is 258 Å². The van der Waals surface area contributed by atoms with Crippen LogP contribution in [0.3, 0.4) is 0 Å². The molecule has 6 rings (SSSR count). The van der Waals surface area contributed by atoms with Crippen LogP contribution in [-0.2, 0) is 0 Å². The van der Waals surface area contributed by atoms with Crippen molar-refractivity contribution in [1.82, 2.24) is 20.0 Å². The average molecular weight is 639 g/mol. The Hall–Kier alpha value is -4.44. The standard InChI is InChI=1S/C32H26BrClN8/c33-26-16-22(38-32(24-9-4-5-10-27(24)34)29-19-42(41-40-29)23-12-13-23)15-25-30(21(17-36)18-37-31(25)26)39-28(11-6-14-35)20-7-2-1-3-8-20/h1-5,7-10,15-16,18-19,23,28,32,38H,6,11-13H2,(H,37,39)/t28-,32+/m1/s1/i32D. The first-order valence-corrected chi connectivity index (χ1v) is 14.7. The van der Waals surface area contributed by atoms with Crippen LogP contribution in [0.4, 0.5) is 11.4 Å². The summed E-state index contributed by atoms with van der Waals surface area (Å²) in [6, 6.07) is 23.8. The Morgan fingerprint density at radius 3 is 2.62 bits per heavy atom. The number of hydrogen-bond donors (Lipinski definition) is 2. The van der Waals surface area contributed by atoms with Gasteiger partial charge in [-0.05, 0) is 64.5 Å². The van der Waals surface area contributed by atoms with Crippen molar-refractivity contribution in [2.24, 2.45) is 0 Å². The van der Waals surface area contributed by atoms with Gasteiger partial charge in [0.05, 0.1) is 48.5 Å². The number of benzene rings is 3. The third-order valence-electron chi connectivity index (χ3n) is 7.21. The molecule has 10 heteroatoms. The van der Waals surface area contributed by atoms with Gasteiger partial charge in [0.15, 0.2) is 0 Å². The second-order valence-electron chi connectivity index (χ2n) is 10.1. The van der Waals surface area contributed by atoms with E-state index in [2.05, 4.69) is 54.0 Å². The number of anilines is 2. The van der Waals surface area contributed by atoms with Gasteiger partial charge < -0.3 is 10.6 Å². The molecule has 1 saturated carbocycles. The van der Waals surface area contributed by atoms with Crippen molar-refractivity contribution in [2.75, 3.05) is 10.6 Å². The van der Waals surface area contributed by atoms with Crippen LogP contribution in [0.25, 0.3) is 10.9 Å². The molecule has 8 nitrogen and oxygen atoms in total. The molecule has 0 amide bonds. The fraction of sp³-hybridized carbons (Fsp3) is 0.219. The van der Waals surface area contributed by atoms with Gasteiger partial charge >= 0.3 is 0 Å². The summed E-state index contributed by atoms with van der Waals surface area (Å²) in [4.78, 5) is 4.57. The number of aromatic nitrogens is 4. The Morgan fingerprint density at radius 1 is 1.10 bits per heavy atom. The van der Waals surface area contributed by atoms with Crippen molar-refractivity contribution in [3.05, 3.63) is 111 Å². The lowest BCUT2D eigenvalue weighted by molar-refractivity contribution is 0.610. The minimum absolute atomic E-state index is 0.218. The summed E-state index contributed by atoms with van der Waals surface area (Å²) in [5.41, 5.74) is 4.13. The molecule has 0 spiro atoms.